The quantitative estimate of drug-likeness (QED) is 0.691. The third kappa shape index (κ3) is 3.39. The molecular formula is C22H22N6. The highest BCUT2D eigenvalue weighted by Crippen LogP contribution is 2.40. The van der Waals surface area contributed by atoms with E-state index < -0.39 is 0 Å². The molecule has 0 saturated heterocycles. The van der Waals surface area contributed by atoms with E-state index in [0.29, 0.717) is 16.8 Å². The molecule has 0 bridgehead atoms. The van der Waals surface area contributed by atoms with Crippen LogP contribution in [0.1, 0.15) is 37.4 Å². The molecule has 1 aliphatic carbocycles. The lowest BCUT2D eigenvalue weighted by Gasteiger charge is -2.36. The molecule has 0 spiro atoms. The molecule has 0 atom stereocenters. The van der Waals surface area contributed by atoms with Gasteiger partial charge in [0.2, 0.25) is 0 Å². The van der Waals surface area contributed by atoms with Gasteiger partial charge in [0.05, 0.1) is 5.69 Å². The first-order valence-corrected chi connectivity index (χ1v) is 9.38. The Balaban J connectivity index is 1.73. The molecule has 2 N–H and O–H groups in total. The molecular weight excluding hydrogens is 348 g/mol. The van der Waals surface area contributed by atoms with Crippen LogP contribution in [0.4, 0.5) is 0 Å². The summed E-state index contributed by atoms with van der Waals surface area (Å²) in [6.07, 6.45) is 12.7. The van der Waals surface area contributed by atoms with Crippen molar-refractivity contribution in [3.63, 3.8) is 0 Å². The smallest absolute Gasteiger partial charge is 0.141 e. The molecule has 4 rings (SSSR count). The Labute approximate surface area is 164 Å². The van der Waals surface area contributed by atoms with Crippen molar-refractivity contribution in [2.45, 2.75) is 26.2 Å². The fourth-order valence-electron chi connectivity index (χ4n) is 3.54. The zero-order chi connectivity index (χ0) is 19.6. The van der Waals surface area contributed by atoms with Crippen LogP contribution < -0.4 is 5.73 Å². The normalized spacial score (nSPS) is 16.2. The summed E-state index contributed by atoms with van der Waals surface area (Å²) in [5, 5.41) is 9.30. The molecule has 28 heavy (non-hydrogen) atoms. The topological polar surface area (TPSA) is 92.4 Å². The zero-order valence-electron chi connectivity index (χ0n) is 15.8. The van der Waals surface area contributed by atoms with E-state index >= 15 is 0 Å². The summed E-state index contributed by atoms with van der Waals surface area (Å²) >= 11 is 0. The van der Waals surface area contributed by atoms with Gasteiger partial charge in [0.15, 0.2) is 0 Å². The molecule has 6 nitrogen and oxygen atoms in total. The number of hydrogen-bond acceptors (Lipinski definition) is 5. The van der Waals surface area contributed by atoms with Crippen molar-refractivity contribution in [3.8, 4) is 17.3 Å². The Morgan fingerprint density at radius 2 is 2.21 bits per heavy atom. The zero-order valence-corrected chi connectivity index (χ0v) is 15.8. The van der Waals surface area contributed by atoms with Gasteiger partial charge < -0.3 is 10.1 Å². The van der Waals surface area contributed by atoms with E-state index in [1.807, 2.05) is 41.2 Å². The second-order valence-electron chi connectivity index (χ2n) is 7.57. The predicted molar refractivity (Wildman–Crippen MR) is 111 cm³/mol. The molecule has 0 aliphatic heterocycles. The van der Waals surface area contributed by atoms with Gasteiger partial charge in [-0.05, 0) is 42.5 Å². The van der Waals surface area contributed by atoms with E-state index in [-0.39, 0.29) is 0 Å². The van der Waals surface area contributed by atoms with Gasteiger partial charge in [0.25, 0.3) is 0 Å². The lowest BCUT2D eigenvalue weighted by atomic mass is 9.70. The molecule has 1 saturated carbocycles. The van der Waals surface area contributed by atoms with Gasteiger partial charge in [-0.15, -0.1) is 0 Å². The number of rotatable bonds is 5. The van der Waals surface area contributed by atoms with Crippen LogP contribution in [0.3, 0.4) is 0 Å². The molecule has 6 heteroatoms. The maximum absolute atomic E-state index is 9.30. The number of nitrogens with zero attached hydrogens (tertiary/aromatic N) is 5. The first-order valence-electron chi connectivity index (χ1n) is 9.38. The summed E-state index contributed by atoms with van der Waals surface area (Å²) in [6, 6.07) is 9.62. The summed E-state index contributed by atoms with van der Waals surface area (Å²) in [7, 11) is 0. The largest absolute Gasteiger partial charge is 0.404 e. The van der Waals surface area contributed by atoms with Crippen LogP contribution >= 0.6 is 0 Å². The standard InChI is InChI=1S/C22H22N6/c1-22(6-2-7-22)15-25-14-17(12-23)19-4-3-18(13-24)27-21(19)16-5-9-28-10-8-26-20(28)11-16/h3-5,8-12,14H,2,6-7,15,23H2,1H3. The van der Waals surface area contributed by atoms with Gasteiger partial charge in [-0.2, -0.15) is 5.26 Å². The minimum atomic E-state index is 0.313. The summed E-state index contributed by atoms with van der Waals surface area (Å²) in [5.41, 5.74) is 10.6. The van der Waals surface area contributed by atoms with Gasteiger partial charge in [0, 0.05) is 54.2 Å². The molecule has 3 aromatic heterocycles. The Kier molecular flexibility index (Phi) is 4.66. The number of fused-ring (bicyclic) bond motifs is 1. The van der Waals surface area contributed by atoms with E-state index in [2.05, 4.69) is 28.0 Å². The van der Waals surface area contributed by atoms with Crippen LogP contribution in [0.25, 0.3) is 22.5 Å². The van der Waals surface area contributed by atoms with E-state index in [1.54, 1.807) is 18.5 Å². The first kappa shape index (κ1) is 17.9. The number of aromatic nitrogens is 3. The van der Waals surface area contributed by atoms with Crippen LogP contribution in [0.15, 0.2) is 54.0 Å². The average molecular weight is 370 g/mol. The van der Waals surface area contributed by atoms with Crippen LogP contribution in [-0.4, -0.2) is 27.1 Å². The fraction of sp³-hybridized carbons (Fsp3) is 0.273. The molecule has 3 aromatic rings. The maximum atomic E-state index is 9.30. The number of pyridine rings is 2. The molecule has 1 fully saturated rings. The first-order chi connectivity index (χ1) is 13.6. The monoisotopic (exact) mass is 370 g/mol. The molecule has 0 unspecified atom stereocenters. The van der Waals surface area contributed by atoms with E-state index in [4.69, 9.17) is 5.73 Å². The Hall–Kier alpha value is -3.46. The minimum absolute atomic E-state index is 0.313. The summed E-state index contributed by atoms with van der Waals surface area (Å²) in [6.45, 7) is 3.07. The van der Waals surface area contributed by atoms with Crippen molar-refractivity contribution in [3.05, 3.63) is 60.3 Å². The van der Waals surface area contributed by atoms with Gasteiger partial charge in [-0.25, -0.2) is 9.97 Å². The van der Waals surface area contributed by atoms with Crippen molar-refractivity contribution < 1.29 is 0 Å². The highest BCUT2D eigenvalue weighted by molar-refractivity contribution is 6.11. The van der Waals surface area contributed by atoms with Crippen molar-refractivity contribution in [2.24, 2.45) is 16.1 Å². The van der Waals surface area contributed by atoms with Gasteiger partial charge in [0.1, 0.15) is 17.4 Å². The number of nitrogens with two attached hydrogens (primary N) is 1. The Bertz CT molecular complexity index is 1110. The Morgan fingerprint density at radius 1 is 1.36 bits per heavy atom. The van der Waals surface area contributed by atoms with Crippen LogP contribution in [-0.2, 0) is 0 Å². The van der Waals surface area contributed by atoms with Crippen molar-refractivity contribution in [1.29, 1.82) is 5.26 Å². The van der Waals surface area contributed by atoms with E-state index in [0.717, 1.165) is 28.9 Å². The van der Waals surface area contributed by atoms with Gasteiger partial charge >= 0.3 is 0 Å². The number of nitriles is 1. The third-order valence-corrected chi connectivity index (χ3v) is 5.44. The average Bonchev–Trinajstić information content (AvgIpc) is 3.17. The number of imidazole rings is 1. The molecule has 0 radical (unpaired) electrons. The second kappa shape index (κ2) is 7.28. The lowest BCUT2D eigenvalue weighted by molar-refractivity contribution is 0.174. The van der Waals surface area contributed by atoms with E-state index in [9.17, 15) is 5.26 Å². The molecule has 140 valence electrons. The van der Waals surface area contributed by atoms with Gasteiger partial charge in [-0.3, -0.25) is 4.99 Å². The van der Waals surface area contributed by atoms with Crippen molar-refractivity contribution >= 4 is 17.4 Å². The summed E-state index contributed by atoms with van der Waals surface area (Å²) in [5.74, 6) is 0. The number of aliphatic imine (C=N–C) groups is 1. The van der Waals surface area contributed by atoms with E-state index in [1.165, 1.54) is 19.3 Å². The van der Waals surface area contributed by atoms with Gasteiger partial charge in [-0.1, -0.05) is 13.3 Å². The molecule has 0 amide bonds. The molecule has 1 aliphatic rings. The molecule has 3 heterocycles. The lowest BCUT2D eigenvalue weighted by Crippen LogP contribution is -2.28. The highest BCUT2D eigenvalue weighted by atomic mass is 15.0. The number of hydrogen-bond donors (Lipinski definition) is 1. The fourth-order valence-corrected chi connectivity index (χ4v) is 3.54. The van der Waals surface area contributed by atoms with Crippen LogP contribution in [0.2, 0.25) is 0 Å². The molecule has 0 aromatic carbocycles. The Morgan fingerprint density at radius 3 is 2.93 bits per heavy atom. The second-order valence-corrected chi connectivity index (χ2v) is 7.57. The summed E-state index contributed by atoms with van der Waals surface area (Å²) < 4.78 is 1.93. The minimum Gasteiger partial charge on any atom is -0.404 e. The third-order valence-electron chi connectivity index (χ3n) is 5.44. The predicted octanol–water partition coefficient (Wildman–Crippen LogP) is 3.83. The highest BCUT2D eigenvalue weighted by Gasteiger charge is 2.30. The van der Waals surface area contributed by atoms with Crippen LogP contribution in [0.5, 0.6) is 0 Å². The maximum Gasteiger partial charge on any atom is 0.141 e. The van der Waals surface area contributed by atoms with Crippen molar-refractivity contribution in [2.75, 3.05) is 6.54 Å². The van der Waals surface area contributed by atoms with Crippen molar-refractivity contribution in [1.82, 2.24) is 14.4 Å². The SMILES string of the molecule is CC1(CN=CC(=CN)c2ccc(C#N)nc2-c2ccn3ccnc3c2)CCC1. The van der Waals surface area contributed by atoms with Crippen LogP contribution in [0, 0.1) is 16.7 Å². The number of allylic oxidation sites excluding steroid dienone is 1. The summed E-state index contributed by atoms with van der Waals surface area (Å²) in [4.78, 5) is 13.5.